The zero-order valence-corrected chi connectivity index (χ0v) is 11.3. The van der Waals surface area contributed by atoms with Crippen LogP contribution in [0.2, 0.25) is 0 Å². The molecule has 6 nitrogen and oxygen atoms in total. The van der Waals surface area contributed by atoms with Crippen LogP contribution in [0, 0.1) is 6.92 Å². The summed E-state index contributed by atoms with van der Waals surface area (Å²) in [5.41, 5.74) is 12.7. The van der Waals surface area contributed by atoms with E-state index in [-0.39, 0.29) is 22.6 Å². The lowest BCUT2D eigenvalue weighted by Gasteiger charge is -2.06. The van der Waals surface area contributed by atoms with Crippen LogP contribution in [-0.2, 0) is 4.74 Å². The predicted octanol–water partition coefficient (Wildman–Crippen LogP) is 1.86. The lowest BCUT2D eigenvalue weighted by atomic mass is 10.1. The summed E-state index contributed by atoms with van der Waals surface area (Å²) >= 11 is 0. The van der Waals surface area contributed by atoms with Crippen molar-refractivity contribution >= 4 is 23.3 Å². The third kappa shape index (κ3) is 3.11. The number of rotatable bonds is 2. The van der Waals surface area contributed by atoms with Crippen LogP contribution in [0.4, 0.5) is 11.4 Å². The average Bonchev–Trinajstić information content (AvgIpc) is 2.44. The Morgan fingerprint density at radius 3 is 2.00 bits per heavy atom. The van der Waals surface area contributed by atoms with Gasteiger partial charge in [-0.2, -0.15) is 0 Å². The van der Waals surface area contributed by atoms with Crippen LogP contribution in [0.3, 0.4) is 0 Å². The number of ether oxygens (including phenoxy) is 1. The van der Waals surface area contributed by atoms with Crippen LogP contribution in [0.25, 0.3) is 0 Å². The summed E-state index contributed by atoms with van der Waals surface area (Å²) in [6.45, 7) is 1.74. The summed E-state index contributed by atoms with van der Waals surface area (Å²) in [6, 6.07) is 8.41. The number of aromatic hydroxyl groups is 1. The molecule has 6 heteroatoms. The second-order valence-corrected chi connectivity index (χ2v) is 4.52. The lowest BCUT2D eigenvalue weighted by molar-refractivity contribution is 0.0397. The number of phenolic OH excluding ortho intramolecular Hbond substituents is 1. The van der Waals surface area contributed by atoms with Crippen LogP contribution in [-0.4, -0.2) is 17.0 Å². The molecule has 2 aromatic rings. The maximum atomic E-state index is 11.9. The molecule has 0 spiro atoms. The number of hydrogen-bond acceptors (Lipinski definition) is 6. The normalized spacial score (nSPS) is 10.1. The van der Waals surface area contributed by atoms with E-state index in [4.69, 9.17) is 16.2 Å². The van der Waals surface area contributed by atoms with Gasteiger partial charge >= 0.3 is 11.9 Å². The molecule has 2 rings (SSSR count). The maximum Gasteiger partial charge on any atom is 0.346 e. The van der Waals surface area contributed by atoms with Gasteiger partial charge in [0.1, 0.15) is 5.75 Å². The van der Waals surface area contributed by atoms with E-state index >= 15 is 0 Å². The Balaban J connectivity index is 2.16. The number of carbonyl (C=O) groups excluding carboxylic acids is 2. The molecule has 2 aromatic carbocycles. The molecule has 0 radical (unpaired) electrons. The number of nitrogen functional groups attached to an aromatic ring is 2. The van der Waals surface area contributed by atoms with Gasteiger partial charge in [0.2, 0.25) is 0 Å². The first-order valence-electron chi connectivity index (χ1n) is 6.09. The molecule has 0 atom stereocenters. The SMILES string of the molecule is Cc1cc(C(=O)OC(=O)c2ccc(N)c(O)c2)ccc1N. The summed E-state index contributed by atoms with van der Waals surface area (Å²) in [5.74, 6) is -1.91. The van der Waals surface area contributed by atoms with E-state index in [0.29, 0.717) is 11.3 Å². The fourth-order valence-corrected chi connectivity index (χ4v) is 1.68. The Labute approximate surface area is 120 Å². The van der Waals surface area contributed by atoms with E-state index in [0.717, 1.165) is 6.07 Å². The predicted molar refractivity (Wildman–Crippen MR) is 77.9 cm³/mol. The zero-order chi connectivity index (χ0) is 15.6. The van der Waals surface area contributed by atoms with E-state index in [1.54, 1.807) is 13.0 Å². The lowest BCUT2D eigenvalue weighted by Crippen LogP contribution is -2.13. The van der Waals surface area contributed by atoms with E-state index in [1.165, 1.54) is 24.3 Å². The van der Waals surface area contributed by atoms with Crippen molar-refractivity contribution in [2.24, 2.45) is 0 Å². The Kier molecular flexibility index (Phi) is 3.80. The number of hydrogen-bond donors (Lipinski definition) is 3. The Bertz CT molecular complexity index is 664. The van der Waals surface area contributed by atoms with Crippen molar-refractivity contribution in [3.63, 3.8) is 0 Å². The zero-order valence-electron chi connectivity index (χ0n) is 11.3. The summed E-state index contributed by atoms with van der Waals surface area (Å²) < 4.78 is 4.74. The van der Waals surface area contributed by atoms with Gasteiger partial charge in [-0.15, -0.1) is 0 Å². The fraction of sp³-hybridized carbons (Fsp3) is 0.0667. The molecule has 0 fully saturated rings. The van der Waals surface area contributed by atoms with Crippen molar-refractivity contribution < 1.29 is 19.4 Å². The highest BCUT2D eigenvalue weighted by atomic mass is 16.6. The third-order valence-electron chi connectivity index (χ3n) is 2.96. The first-order chi connectivity index (χ1) is 9.88. The molecule has 0 saturated carbocycles. The molecule has 5 N–H and O–H groups in total. The number of aryl methyl sites for hydroxylation is 1. The molecule has 108 valence electrons. The van der Waals surface area contributed by atoms with Gasteiger partial charge in [-0.3, -0.25) is 0 Å². The Hall–Kier alpha value is -3.02. The van der Waals surface area contributed by atoms with Gasteiger partial charge in [0.15, 0.2) is 0 Å². The topological polar surface area (TPSA) is 116 Å². The van der Waals surface area contributed by atoms with E-state index in [1.807, 2.05) is 0 Å². The number of nitrogens with two attached hydrogens (primary N) is 2. The largest absolute Gasteiger partial charge is 0.506 e. The molecule has 0 saturated heterocycles. The molecule has 0 amide bonds. The molecule has 0 aliphatic carbocycles. The first kappa shape index (κ1) is 14.4. The van der Waals surface area contributed by atoms with Gasteiger partial charge < -0.3 is 21.3 Å². The van der Waals surface area contributed by atoms with Crippen LogP contribution in [0.5, 0.6) is 5.75 Å². The Morgan fingerprint density at radius 1 is 0.952 bits per heavy atom. The van der Waals surface area contributed by atoms with E-state index < -0.39 is 11.9 Å². The average molecular weight is 286 g/mol. The third-order valence-corrected chi connectivity index (χ3v) is 2.96. The first-order valence-corrected chi connectivity index (χ1v) is 6.09. The summed E-state index contributed by atoms with van der Waals surface area (Å²) in [6.07, 6.45) is 0. The fourth-order valence-electron chi connectivity index (χ4n) is 1.68. The number of carbonyl (C=O) groups is 2. The van der Waals surface area contributed by atoms with Gasteiger partial charge in [-0.25, -0.2) is 9.59 Å². The molecular formula is C15H14N2O4. The summed E-state index contributed by atoms with van der Waals surface area (Å²) in [5, 5.41) is 9.44. The van der Waals surface area contributed by atoms with Gasteiger partial charge in [-0.05, 0) is 48.9 Å². The van der Waals surface area contributed by atoms with Gasteiger partial charge in [0.05, 0.1) is 16.8 Å². The summed E-state index contributed by atoms with van der Waals surface area (Å²) in [4.78, 5) is 23.7. The highest BCUT2D eigenvalue weighted by Gasteiger charge is 2.16. The molecule has 0 aromatic heterocycles. The minimum Gasteiger partial charge on any atom is -0.506 e. The van der Waals surface area contributed by atoms with Crippen molar-refractivity contribution in [1.29, 1.82) is 0 Å². The molecule has 21 heavy (non-hydrogen) atoms. The van der Waals surface area contributed by atoms with E-state index in [2.05, 4.69) is 0 Å². The standard InChI is InChI=1S/C15H14N2O4/c1-8-6-9(2-4-11(8)16)14(19)21-15(20)10-3-5-12(17)13(18)7-10/h2-7,18H,16-17H2,1H3. The number of anilines is 2. The quantitative estimate of drug-likeness (QED) is 0.336. The van der Waals surface area contributed by atoms with Gasteiger partial charge in [-0.1, -0.05) is 0 Å². The van der Waals surface area contributed by atoms with Crippen molar-refractivity contribution in [3.05, 3.63) is 53.1 Å². The number of benzene rings is 2. The molecule has 0 heterocycles. The smallest absolute Gasteiger partial charge is 0.346 e. The van der Waals surface area contributed by atoms with Crippen molar-refractivity contribution in [1.82, 2.24) is 0 Å². The summed E-state index contributed by atoms with van der Waals surface area (Å²) in [7, 11) is 0. The van der Waals surface area contributed by atoms with Crippen LogP contribution in [0.15, 0.2) is 36.4 Å². The highest BCUT2D eigenvalue weighted by molar-refractivity contribution is 6.03. The van der Waals surface area contributed by atoms with E-state index in [9.17, 15) is 14.7 Å². The molecule has 0 unspecified atom stereocenters. The molecule has 0 aliphatic heterocycles. The molecule has 0 aliphatic rings. The monoisotopic (exact) mass is 286 g/mol. The maximum absolute atomic E-state index is 11.9. The van der Waals surface area contributed by atoms with Gasteiger partial charge in [0, 0.05) is 5.69 Å². The van der Waals surface area contributed by atoms with Crippen molar-refractivity contribution in [2.45, 2.75) is 6.92 Å². The minimum absolute atomic E-state index is 0.0298. The number of esters is 2. The van der Waals surface area contributed by atoms with Gasteiger partial charge in [0.25, 0.3) is 0 Å². The van der Waals surface area contributed by atoms with Crippen molar-refractivity contribution in [3.8, 4) is 5.75 Å². The minimum atomic E-state index is -0.871. The Morgan fingerprint density at radius 2 is 1.48 bits per heavy atom. The molecular weight excluding hydrogens is 272 g/mol. The van der Waals surface area contributed by atoms with Crippen molar-refractivity contribution in [2.75, 3.05) is 11.5 Å². The second kappa shape index (κ2) is 5.54. The second-order valence-electron chi connectivity index (χ2n) is 4.52. The van der Waals surface area contributed by atoms with Crippen LogP contribution < -0.4 is 11.5 Å². The highest BCUT2D eigenvalue weighted by Crippen LogP contribution is 2.21. The van der Waals surface area contributed by atoms with Crippen LogP contribution >= 0.6 is 0 Å². The number of phenols is 1. The van der Waals surface area contributed by atoms with Crippen LogP contribution in [0.1, 0.15) is 26.3 Å². The molecule has 0 bridgehead atoms.